The number of hydrogen-bond donors (Lipinski definition) is 4. The van der Waals surface area contributed by atoms with Gasteiger partial charge in [-0.2, -0.15) is 0 Å². The van der Waals surface area contributed by atoms with E-state index in [1.807, 2.05) is 0 Å². The number of carboxylic acid groups (broad SMARTS) is 2. The maximum atomic E-state index is 13.3. The topological polar surface area (TPSA) is 190 Å². The van der Waals surface area contributed by atoms with Gasteiger partial charge in [-0.1, -0.05) is 26.0 Å². The van der Waals surface area contributed by atoms with Crippen molar-refractivity contribution in [1.29, 1.82) is 0 Å². The molecule has 0 radical (unpaired) electrons. The number of carboxylic acids is 2. The monoisotopic (exact) mass is 606 g/mol. The Morgan fingerprint density at radius 2 is 0.889 bits per heavy atom. The normalized spacial score (nSPS) is 14.2. The Hall–Kier alpha value is -6.30. The summed E-state index contributed by atoms with van der Waals surface area (Å²) in [6.07, 6.45) is 0. The van der Waals surface area contributed by atoms with Crippen LogP contribution < -0.4 is 9.80 Å². The molecule has 0 aromatic heterocycles. The van der Waals surface area contributed by atoms with Gasteiger partial charge in [0.1, 0.15) is 11.5 Å². The minimum atomic E-state index is -1.28. The molecule has 4 amide bonds. The molecule has 0 atom stereocenters. The summed E-state index contributed by atoms with van der Waals surface area (Å²) in [6.45, 7) is 3.53. The number of aromatic hydroxyl groups is 2. The van der Waals surface area contributed by atoms with Gasteiger partial charge >= 0.3 is 11.9 Å². The number of anilines is 2. The molecule has 0 fully saturated rings. The fourth-order valence-corrected chi connectivity index (χ4v) is 5.53. The first kappa shape index (κ1) is 28.8. The summed E-state index contributed by atoms with van der Waals surface area (Å²) in [5.41, 5.74) is -0.927. The molecule has 0 spiro atoms. The summed E-state index contributed by atoms with van der Waals surface area (Å²) >= 11 is 0. The van der Waals surface area contributed by atoms with Crippen LogP contribution in [0.4, 0.5) is 11.4 Å². The fraction of sp³-hybridized carbons (Fsp3) is 0.0909. The van der Waals surface area contributed by atoms with Crippen molar-refractivity contribution < 1.29 is 49.2 Å². The van der Waals surface area contributed by atoms with E-state index in [-0.39, 0.29) is 56.3 Å². The summed E-state index contributed by atoms with van der Waals surface area (Å²) in [6, 6.07) is 15.7. The average molecular weight is 607 g/mol. The zero-order valence-corrected chi connectivity index (χ0v) is 23.6. The molecule has 2 aliphatic heterocycles. The third kappa shape index (κ3) is 4.30. The van der Waals surface area contributed by atoms with Gasteiger partial charge in [-0.25, -0.2) is 19.4 Å². The van der Waals surface area contributed by atoms with Crippen LogP contribution in [-0.2, 0) is 5.41 Å². The molecule has 0 saturated heterocycles. The number of phenols is 2. The molecule has 4 N–H and O–H groups in total. The van der Waals surface area contributed by atoms with E-state index in [0.29, 0.717) is 11.1 Å². The van der Waals surface area contributed by atoms with Gasteiger partial charge in [-0.05, 0) is 71.8 Å². The molecule has 0 saturated carbocycles. The van der Waals surface area contributed by atoms with Crippen LogP contribution in [0.3, 0.4) is 0 Å². The minimum absolute atomic E-state index is 0.0198. The molecule has 0 aliphatic carbocycles. The molecule has 2 heterocycles. The Morgan fingerprint density at radius 1 is 0.533 bits per heavy atom. The number of imide groups is 2. The highest BCUT2D eigenvalue weighted by Gasteiger charge is 2.41. The number of fused-ring (bicyclic) bond motifs is 2. The van der Waals surface area contributed by atoms with Crippen molar-refractivity contribution in [2.45, 2.75) is 19.3 Å². The molecule has 4 aromatic rings. The molecule has 6 rings (SSSR count). The van der Waals surface area contributed by atoms with E-state index in [9.17, 15) is 49.2 Å². The first-order chi connectivity index (χ1) is 21.2. The predicted octanol–water partition coefficient (Wildman–Crippen LogP) is 4.42. The second-order valence-corrected chi connectivity index (χ2v) is 11.1. The fourth-order valence-electron chi connectivity index (χ4n) is 5.53. The van der Waals surface area contributed by atoms with Crippen molar-refractivity contribution in [2.75, 3.05) is 9.80 Å². The van der Waals surface area contributed by atoms with Crippen LogP contribution in [0.5, 0.6) is 11.5 Å². The summed E-state index contributed by atoms with van der Waals surface area (Å²) in [4.78, 5) is 77.4. The average Bonchev–Trinajstić information content (AvgIpc) is 3.40. The number of benzene rings is 4. The quantitative estimate of drug-likeness (QED) is 0.229. The third-order valence-electron chi connectivity index (χ3n) is 8.14. The van der Waals surface area contributed by atoms with E-state index in [1.165, 1.54) is 48.5 Å². The summed E-state index contributed by atoms with van der Waals surface area (Å²) in [5.74, 6) is -6.45. The Labute approximate surface area is 254 Å². The number of nitrogens with zero attached hydrogens (tertiary/aromatic N) is 2. The van der Waals surface area contributed by atoms with E-state index in [4.69, 9.17) is 0 Å². The van der Waals surface area contributed by atoms with Crippen LogP contribution in [0.1, 0.15) is 87.1 Å². The molecule has 224 valence electrons. The first-order valence-corrected chi connectivity index (χ1v) is 13.4. The predicted molar refractivity (Wildman–Crippen MR) is 157 cm³/mol. The van der Waals surface area contributed by atoms with Gasteiger partial charge in [0.15, 0.2) is 0 Å². The molecular formula is C33H22N2O10. The first-order valence-electron chi connectivity index (χ1n) is 13.4. The second-order valence-electron chi connectivity index (χ2n) is 11.1. The van der Waals surface area contributed by atoms with E-state index >= 15 is 0 Å². The Balaban J connectivity index is 1.38. The van der Waals surface area contributed by atoms with Crippen molar-refractivity contribution in [2.24, 2.45) is 0 Å². The van der Waals surface area contributed by atoms with Gasteiger partial charge in [-0.15, -0.1) is 0 Å². The van der Waals surface area contributed by atoms with Gasteiger partial charge in [-0.3, -0.25) is 19.2 Å². The van der Waals surface area contributed by atoms with Crippen molar-refractivity contribution in [3.05, 3.63) is 117 Å². The molecule has 0 bridgehead atoms. The van der Waals surface area contributed by atoms with Crippen LogP contribution in [0, 0.1) is 0 Å². The number of carbonyl (C=O) groups is 6. The van der Waals surface area contributed by atoms with Crippen molar-refractivity contribution >= 4 is 46.9 Å². The number of amides is 4. The van der Waals surface area contributed by atoms with Crippen LogP contribution in [0.25, 0.3) is 0 Å². The van der Waals surface area contributed by atoms with Crippen LogP contribution in [-0.4, -0.2) is 56.0 Å². The maximum Gasteiger partial charge on any atom is 0.335 e. The van der Waals surface area contributed by atoms with E-state index in [2.05, 4.69) is 0 Å². The second kappa shape index (κ2) is 9.88. The number of rotatable bonds is 6. The van der Waals surface area contributed by atoms with Gasteiger partial charge in [0.05, 0.1) is 44.8 Å². The van der Waals surface area contributed by atoms with Crippen LogP contribution >= 0.6 is 0 Å². The smallest absolute Gasteiger partial charge is 0.335 e. The lowest BCUT2D eigenvalue weighted by Crippen LogP contribution is -2.31. The molecule has 12 nitrogen and oxygen atoms in total. The lowest BCUT2D eigenvalue weighted by atomic mass is 9.77. The molecule has 12 heteroatoms. The third-order valence-corrected chi connectivity index (χ3v) is 8.14. The van der Waals surface area contributed by atoms with E-state index in [0.717, 1.165) is 21.9 Å². The standard InChI is InChI=1S/C33H22N2O10/c1-33(2,17-5-9-25(36)23(13-17)34-27(38)19-7-3-15(31(42)43)11-21(19)29(34)40)18-6-10-26(37)24(14-18)35-28(39)20-8-4-16(32(44)45)12-22(20)30(35)41/h3-14,36-37H,1-2H3,(H,42,43)(H,44,45). The zero-order chi connectivity index (χ0) is 32.5. The molecule has 4 aromatic carbocycles. The summed E-state index contributed by atoms with van der Waals surface area (Å²) in [7, 11) is 0. The van der Waals surface area contributed by atoms with Gasteiger partial charge < -0.3 is 20.4 Å². The minimum Gasteiger partial charge on any atom is -0.506 e. The number of carbonyl (C=O) groups excluding carboxylic acids is 4. The highest BCUT2D eigenvalue weighted by atomic mass is 16.4. The van der Waals surface area contributed by atoms with Crippen molar-refractivity contribution in [1.82, 2.24) is 0 Å². The van der Waals surface area contributed by atoms with Crippen molar-refractivity contribution in [3.8, 4) is 11.5 Å². The lowest BCUT2D eigenvalue weighted by molar-refractivity contribution is 0.0686. The number of phenolic OH excluding ortho intramolecular Hbond substituents is 2. The van der Waals surface area contributed by atoms with Gasteiger partial charge in [0, 0.05) is 5.41 Å². The number of aromatic carboxylic acids is 2. The molecule has 45 heavy (non-hydrogen) atoms. The lowest BCUT2D eigenvalue weighted by Gasteiger charge is -2.29. The van der Waals surface area contributed by atoms with E-state index in [1.54, 1.807) is 26.0 Å². The number of hydrogen-bond acceptors (Lipinski definition) is 8. The molecular weight excluding hydrogens is 584 g/mol. The SMILES string of the molecule is CC(C)(c1ccc(O)c(N2C(=O)c3ccc(C(=O)O)cc3C2=O)c1)c1ccc(O)c(N2C(=O)c3ccc(C(=O)O)cc3C2=O)c1. The Bertz CT molecular complexity index is 1920. The molecule has 0 unspecified atom stereocenters. The van der Waals surface area contributed by atoms with Crippen LogP contribution in [0.2, 0.25) is 0 Å². The summed E-state index contributed by atoms with van der Waals surface area (Å²) in [5, 5.41) is 40.1. The van der Waals surface area contributed by atoms with Crippen LogP contribution in [0.15, 0.2) is 72.8 Å². The van der Waals surface area contributed by atoms with Crippen molar-refractivity contribution in [3.63, 3.8) is 0 Å². The summed E-state index contributed by atoms with van der Waals surface area (Å²) < 4.78 is 0. The zero-order valence-electron chi connectivity index (χ0n) is 23.6. The maximum absolute atomic E-state index is 13.3. The van der Waals surface area contributed by atoms with Gasteiger partial charge in [0.2, 0.25) is 0 Å². The van der Waals surface area contributed by atoms with E-state index < -0.39 is 41.0 Å². The highest BCUT2D eigenvalue weighted by molar-refractivity contribution is 6.36. The Morgan fingerprint density at radius 3 is 1.24 bits per heavy atom. The highest BCUT2D eigenvalue weighted by Crippen LogP contribution is 2.43. The Kier molecular flexibility index (Phi) is 6.32. The molecule has 2 aliphatic rings. The van der Waals surface area contributed by atoms with Gasteiger partial charge in [0.25, 0.3) is 23.6 Å². The largest absolute Gasteiger partial charge is 0.506 e.